The average Bonchev–Trinajstić information content (AvgIpc) is 3.58. The molecule has 1 N–H and O–H groups in total. The summed E-state index contributed by atoms with van der Waals surface area (Å²) in [6, 6.07) is 15.1. The van der Waals surface area contributed by atoms with Gasteiger partial charge >= 0.3 is 5.97 Å². The van der Waals surface area contributed by atoms with Crippen molar-refractivity contribution in [3.8, 4) is 22.6 Å². The summed E-state index contributed by atoms with van der Waals surface area (Å²) < 4.78 is 41.1. The van der Waals surface area contributed by atoms with Crippen molar-refractivity contribution in [1.82, 2.24) is 0 Å². The molecule has 2 unspecified atom stereocenters. The van der Waals surface area contributed by atoms with E-state index in [1.807, 2.05) is 30.3 Å². The van der Waals surface area contributed by atoms with Gasteiger partial charge in [0.15, 0.2) is 0 Å². The Hall–Kier alpha value is -3.41. The molecule has 3 aromatic rings. The molecule has 2 atom stereocenters. The number of aliphatic carboxylic acids is 1. The van der Waals surface area contributed by atoms with Gasteiger partial charge in [-0.25, -0.2) is 8.78 Å². The summed E-state index contributed by atoms with van der Waals surface area (Å²) in [7, 11) is 1.51. The van der Waals surface area contributed by atoms with Gasteiger partial charge in [-0.2, -0.15) is 0 Å². The fraction of sp³-hybridized carbons (Fsp3) is 0.321. The lowest BCUT2D eigenvalue weighted by Gasteiger charge is -2.19. The van der Waals surface area contributed by atoms with E-state index in [9.17, 15) is 14.3 Å². The zero-order valence-electron chi connectivity index (χ0n) is 18.9. The SMILES string of the molecule is COc1ccc(F)c(-c2cc(F)c3c(c2)CCC3Oc2cccc(C(CC(=O)O)C3CC3)c2)c1. The molecule has 0 spiro atoms. The van der Waals surface area contributed by atoms with Crippen LogP contribution in [-0.4, -0.2) is 18.2 Å². The molecule has 0 aliphatic heterocycles. The lowest BCUT2D eigenvalue weighted by molar-refractivity contribution is -0.137. The molecule has 6 heteroatoms. The van der Waals surface area contributed by atoms with Gasteiger partial charge in [0.2, 0.25) is 0 Å². The molecule has 0 radical (unpaired) electrons. The van der Waals surface area contributed by atoms with Crippen LogP contribution in [0.5, 0.6) is 11.5 Å². The molecule has 2 aliphatic rings. The third-order valence-electron chi connectivity index (χ3n) is 6.85. The van der Waals surface area contributed by atoms with E-state index in [1.54, 1.807) is 6.07 Å². The standard InChI is InChI=1S/C28H26F2O4/c1-33-20-8-9-24(29)23(14-20)19-11-18-7-10-26(28(18)25(30)13-19)34-21-4-2-3-17(12-21)22(15-27(31)32)16-5-6-16/h2-4,8-9,11-14,16,22,26H,5-7,10,15H2,1H3,(H,31,32). The van der Waals surface area contributed by atoms with E-state index in [0.29, 0.717) is 46.9 Å². The van der Waals surface area contributed by atoms with Gasteiger partial charge in [0.05, 0.1) is 13.5 Å². The average molecular weight is 465 g/mol. The summed E-state index contributed by atoms with van der Waals surface area (Å²) in [6.45, 7) is 0. The van der Waals surface area contributed by atoms with Crippen LogP contribution in [0.25, 0.3) is 11.1 Å². The predicted molar refractivity (Wildman–Crippen MR) is 124 cm³/mol. The molecular formula is C28H26F2O4. The lowest BCUT2D eigenvalue weighted by Crippen LogP contribution is -2.09. The monoisotopic (exact) mass is 464 g/mol. The summed E-state index contributed by atoms with van der Waals surface area (Å²) in [5.41, 5.74) is 3.02. The van der Waals surface area contributed by atoms with Crippen molar-refractivity contribution < 1.29 is 28.2 Å². The Balaban J connectivity index is 1.40. The highest BCUT2D eigenvalue weighted by atomic mass is 19.1. The number of halogens is 2. The number of benzene rings is 3. The van der Waals surface area contributed by atoms with E-state index < -0.39 is 23.7 Å². The van der Waals surface area contributed by atoms with Gasteiger partial charge in [-0.15, -0.1) is 0 Å². The summed E-state index contributed by atoms with van der Waals surface area (Å²) in [4.78, 5) is 11.3. The second-order valence-electron chi connectivity index (χ2n) is 9.14. The smallest absolute Gasteiger partial charge is 0.303 e. The first-order valence-electron chi connectivity index (χ1n) is 11.6. The number of ether oxygens (including phenoxy) is 2. The summed E-state index contributed by atoms with van der Waals surface area (Å²) in [5.74, 6) is -0.192. The molecule has 0 bridgehead atoms. The molecule has 0 amide bonds. The first kappa shape index (κ1) is 22.4. The molecule has 5 rings (SSSR count). The van der Waals surface area contributed by atoms with Gasteiger partial charge in [-0.1, -0.05) is 18.2 Å². The van der Waals surface area contributed by atoms with Crippen molar-refractivity contribution >= 4 is 5.97 Å². The van der Waals surface area contributed by atoms with Crippen LogP contribution in [0.15, 0.2) is 54.6 Å². The number of aryl methyl sites for hydroxylation is 1. The Morgan fingerprint density at radius 1 is 1.03 bits per heavy atom. The van der Waals surface area contributed by atoms with Crippen LogP contribution in [-0.2, 0) is 11.2 Å². The third-order valence-corrected chi connectivity index (χ3v) is 6.85. The highest BCUT2D eigenvalue weighted by Crippen LogP contribution is 2.46. The number of carboxylic acid groups (broad SMARTS) is 1. The minimum absolute atomic E-state index is 0.0334. The van der Waals surface area contributed by atoms with Gasteiger partial charge < -0.3 is 14.6 Å². The second kappa shape index (κ2) is 9.09. The molecule has 0 heterocycles. The third kappa shape index (κ3) is 4.49. The Labute approximate surface area is 197 Å². The van der Waals surface area contributed by atoms with Gasteiger partial charge in [0, 0.05) is 11.1 Å². The fourth-order valence-corrected chi connectivity index (χ4v) is 5.03. The fourth-order valence-electron chi connectivity index (χ4n) is 5.03. The van der Waals surface area contributed by atoms with Crippen LogP contribution in [0.3, 0.4) is 0 Å². The zero-order chi connectivity index (χ0) is 23.8. The van der Waals surface area contributed by atoms with E-state index in [0.717, 1.165) is 24.0 Å². The van der Waals surface area contributed by atoms with Crippen molar-refractivity contribution in [2.75, 3.05) is 7.11 Å². The molecule has 0 aromatic heterocycles. The lowest BCUT2D eigenvalue weighted by atomic mass is 9.91. The Kier molecular flexibility index (Phi) is 5.98. The summed E-state index contributed by atoms with van der Waals surface area (Å²) >= 11 is 0. The summed E-state index contributed by atoms with van der Waals surface area (Å²) in [6.07, 6.45) is 2.97. The van der Waals surface area contributed by atoms with Crippen LogP contribution in [0.4, 0.5) is 8.78 Å². The molecule has 4 nitrogen and oxygen atoms in total. The van der Waals surface area contributed by atoms with E-state index >= 15 is 4.39 Å². The number of hydrogen-bond acceptors (Lipinski definition) is 3. The number of carbonyl (C=O) groups is 1. The van der Waals surface area contributed by atoms with E-state index in [2.05, 4.69) is 0 Å². The van der Waals surface area contributed by atoms with Gasteiger partial charge in [-0.3, -0.25) is 4.79 Å². The number of rotatable bonds is 8. The number of hydrogen-bond donors (Lipinski definition) is 1. The summed E-state index contributed by atoms with van der Waals surface area (Å²) in [5, 5.41) is 9.31. The quantitative estimate of drug-likeness (QED) is 0.404. The van der Waals surface area contributed by atoms with Crippen molar-refractivity contribution in [3.05, 3.63) is 82.9 Å². The van der Waals surface area contributed by atoms with Crippen molar-refractivity contribution in [2.24, 2.45) is 5.92 Å². The van der Waals surface area contributed by atoms with Crippen molar-refractivity contribution in [3.63, 3.8) is 0 Å². The van der Waals surface area contributed by atoms with E-state index in [1.165, 1.54) is 25.3 Å². The Morgan fingerprint density at radius 3 is 2.59 bits per heavy atom. The number of fused-ring (bicyclic) bond motifs is 1. The minimum Gasteiger partial charge on any atom is -0.497 e. The molecule has 34 heavy (non-hydrogen) atoms. The molecule has 0 saturated heterocycles. The molecule has 1 saturated carbocycles. The number of methoxy groups -OCH3 is 1. The van der Waals surface area contributed by atoms with Gasteiger partial charge in [0.25, 0.3) is 0 Å². The molecule has 2 aliphatic carbocycles. The molecule has 176 valence electrons. The maximum atomic E-state index is 15.3. The maximum absolute atomic E-state index is 15.3. The highest BCUT2D eigenvalue weighted by molar-refractivity contribution is 5.69. The van der Waals surface area contributed by atoms with E-state index in [-0.39, 0.29) is 12.3 Å². The Bertz CT molecular complexity index is 1240. The normalized spacial score (nSPS) is 17.8. The van der Waals surface area contributed by atoms with E-state index in [4.69, 9.17) is 9.47 Å². The maximum Gasteiger partial charge on any atom is 0.303 e. The predicted octanol–water partition coefficient (Wildman–Crippen LogP) is 6.68. The molecule has 1 fully saturated rings. The molecular weight excluding hydrogens is 438 g/mol. The van der Waals surface area contributed by atoms with Crippen molar-refractivity contribution in [2.45, 2.75) is 44.1 Å². The first-order chi connectivity index (χ1) is 16.4. The molecule has 3 aromatic carbocycles. The number of carboxylic acids is 1. The van der Waals surface area contributed by atoms with Crippen molar-refractivity contribution in [1.29, 1.82) is 0 Å². The van der Waals surface area contributed by atoms with Gasteiger partial charge in [0.1, 0.15) is 29.2 Å². The zero-order valence-corrected chi connectivity index (χ0v) is 18.9. The highest BCUT2D eigenvalue weighted by Gasteiger charge is 2.34. The Morgan fingerprint density at radius 2 is 1.85 bits per heavy atom. The van der Waals surface area contributed by atoms with Crippen LogP contribution >= 0.6 is 0 Å². The largest absolute Gasteiger partial charge is 0.497 e. The van der Waals surface area contributed by atoms with Gasteiger partial charge in [-0.05, 0) is 90.6 Å². The first-order valence-corrected chi connectivity index (χ1v) is 11.6. The van der Waals surface area contributed by atoms with Crippen LogP contribution < -0.4 is 9.47 Å². The topological polar surface area (TPSA) is 55.8 Å². The second-order valence-corrected chi connectivity index (χ2v) is 9.14. The van der Waals surface area contributed by atoms with Crippen LogP contribution in [0.2, 0.25) is 0 Å². The van der Waals surface area contributed by atoms with Crippen LogP contribution in [0.1, 0.15) is 54.4 Å². The minimum atomic E-state index is -0.807. The van der Waals surface area contributed by atoms with Crippen LogP contribution in [0, 0.1) is 17.6 Å².